The van der Waals surface area contributed by atoms with Crippen LogP contribution < -0.4 is 5.73 Å². The molecule has 1 saturated heterocycles. The van der Waals surface area contributed by atoms with Crippen molar-refractivity contribution in [1.82, 2.24) is 9.80 Å². The van der Waals surface area contributed by atoms with E-state index in [4.69, 9.17) is 10.8 Å². The summed E-state index contributed by atoms with van der Waals surface area (Å²) in [5, 5.41) is 8.87. The quantitative estimate of drug-likeness (QED) is 0.456. The highest BCUT2D eigenvalue weighted by Gasteiger charge is 2.39. The number of likely N-dealkylation sites (tertiary alicyclic amines) is 1. The first-order valence-electron chi connectivity index (χ1n) is 8.25. The van der Waals surface area contributed by atoms with Crippen molar-refractivity contribution in [2.75, 3.05) is 13.6 Å². The van der Waals surface area contributed by atoms with E-state index in [0.29, 0.717) is 25.8 Å². The first-order chi connectivity index (χ1) is 11.2. The zero-order valence-corrected chi connectivity index (χ0v) is 14.5. The van der Waals surface area contributed by atoms with Crippen LogP contribution in [0.3, 0.4) is 0 Å². The summed E-state index contributed by atoms with van der Waals surface area (Å²) < 4.78 is 0. The van der Waals surface area contributed by atoms with E-state index in [2.05, 4.69) is 0 Å². The van der Waals surface area contributed by atoms with Crippen LogP contribution in [0.4, 0.5) is 0 Å². The molecule has 0 radical (unpaired) electrons. The number of carbonyl (C=O) groups excluding carboxylic acids is 3. The zero-order chi connectivity index (χ0) is 18.4. The maximum absolute atomic E-state index is 12.1. The molecule has 3 atom stereocenters. The molecule has 136 valence electrons. The molecule has 0 aromatic heterocycles. The predicted molar refractivity (Wildman–Crippen MR) is 86.8 cm³/mol. The molecule has 3 amide bonds. The number of amides is 3. The number of hydrogen-bond donors (Lipinski definition) is 2. The number of nitrogens with two attached hydrogens (primary N) is 1. The SMILES string of the molecule is CC(N)C1CC(=O)N(CCCCCC(=O)N(C)C(C)C(=O)O)C1=O. The van der Waals surface area contributed by atoms with Gasteiger partial charge in [0.1, 0.15) is 6.04 Å². The molecule has 1 aliphatic heterocycles. The Morgan fingerprint density at radius 1 is 1.29 bits per heavy atom. The van der Waals surface area contributed by atoms with Gasteiger partial charge in [0.2, 0.25) is 17.7 Å². The van der Waals surface area contributed by atoms with Crippen molar-refractivity contribution in [2.24, 2.45) is 11.7 Å². The van der Waals surface area contributed by atoms with Gasteiger partial charge in [0.05, 0.1) is 5.92 Å². The Balaban J connectivity index is 2.29. The predicted octanol–water partition coefficient (Wildman–Crippen LogP) is 0.201. The summed E-state index contributed by atoms with van der Waals surface area (Å²) in [7, 11) is 1.47. The first-order valence-corrected chi connectivity index (χ1v) is 8.25. The van der Waals surface area contributed by atoms with Gasteiger partial charge in [0.25, 0.3) is 0 Å². The van der Waals surface area contributed by atoms with E-state index in [-0.39, 0.29) is 36.6 Å². The van der Waals surface area contributed by atoms with Crippen LogP contribution >= 0.6 is 0 Å². The molecule has 8 heteroatoms. The number of aliphatic carboxylic acids is 1. The van der Waals surface area contributed by atoms with Crippen LogP contribution in [0.25, 0.3) is 0 Å². The summed E-state index contributed by atoms with van der Waals surface area (Å²) in [6.07, 6.45) is 2.31. The minimum atomic E-state index is -1.04. The number of unbranched alkanes of at least 4 members (excludes halogenated alkanes) is 2. The van der Waals surface area contributed by atoms with Crippen LogP contribution in [0.2, 0.25) is 0 Å². The lowest BCUT2D eigenvalue weighted by molar-refractivity contribution is -0.148. The Morgan fingerprint density at radius 2 is 1.92 bits per heavy atom. The standard InChI is InChI=1S/C16H27N3O5/c1-10(17)12-9-14(21)19(15(12)22)8-6-4-5-7-13(20)18(3)11(2)16(23)24/h10-12H,4-9,17H2,1-3H3,(H,23,24). The summed E-state index contributed by atoms with van der Waals surface area (Å²) in [4.78, 5) is 49.1. The summed E-state index contributed by atoms with van der Waals surface area (Å²) >= 11 is 0. The van der Waals surface area contributed by atoms with Gasteiger partial charge < -0.3 is 15.7 Å². The molecule has 3 unspecified atom stereocenters. The number of rotatable bonds is 9. The summed E-state index contributed by atoms with van der Waals surface area (Å²) in [5.74, 6) is -2.09. The monoisotopic (exact) mass is 341 g/mol. The molecule has 1 aliphatic rings. The fourth-order valence-electron chi connectivity index (χ4n) is 2.64. The number of nitrogens with zero attached hydrogens (tertiary/aromatic N) is 2. The molecule has 0 saturated carbocycles. The Kier molecular flexibility index (Phi) is 7.34. The van der Waals surface area contributed by atoms with Gasteiger partial charge in [0, 0.05) is 32.5 Å². The highest BCUT2D eigenvalue weighted by Crippen LogP contribution is 2.22. The number of hydrogen-bond acceptors (Lipinski definition) is 5. The normalized spacial score (nSPS) is 20.2. The van der Waals surface area contributed by atoms with Crippen LogP contribution in [0.15, 0.2) is 0 Å². The van der Waals surface area contributed by atoms with Gasteiger partial charge in [-0.1, -0.05) is 6.42 Å². The Bertz CT molecular complexity index is 506. The molecule has 0 spiro atoms. The van der Waals surface area contributed by atoms with Crippen molar-refractivity contribution in [2.45, 2.75) is 58.0 Å². The molecule has 0 aromatic rings. The third-order valence-electron chi connectivity index (χ3n) is 4.52. The van der Waals surface area contributed by atoms with E-state index in [0.717, 1.165) is 0 Å². The molecule has 0 aromatic carbocycles. The largest absolute Gasteiger partial charge is 0.480 e. The lowest BCUT2D eigenvalue weighted by Gasteiger charge is -2.21. The smallest absolute Gasteiger partial charge is 0.326 e. The van der Waals surface area contributed by atoms with E-state index in [9.17, 15) is 19.2 Å². The number of carbonyl (C=O) groups is 4. The van der Waals surface area contributed by atoms with Crippen LogP contribution in [-0.4, -0.2) is 64.3 Å². The second-order valence-electron chi connectivity index (χ2n) is 6.38. The molecule has 0 bridgehead atoms. The van der Waals surface area contributed by atoms with Gasteiger partial charge in [-0.2, -0.15) is 0 Å². The molecule has 24 heavy (non-hydrogen) atoms. The van der Waals surface area contributed by atoms with E-state index >= 15 is 0 Å². The average Bonchev–Trinajstić information content (AvgIpc) is 2.80. The maximum Gasteiger partial charge on any atom is 0.326 e. The molecule has 1 heterocycles. The summed E-state index contributed by atoms with van der Waals surface area (Å²) in [6.45, 7) is 3.52. The van der Waals surface area contributed by atoms with Crippen LogP contribution in [-0.2, 0) is 19.2 Å². The Labute approximate surface area is 142 Å². The average molecular weight is 341 g/mol. The molecule has 8 nitrogen and oxygen atoms in total. The maximum atomic E-state index is 12.1. The Morgan fingerprint density at radius 3 is 2.42 bits per heavy atom. The minimum Gasteiger partial charge on any atom is -0.480 e. The number of imide groups is 1. The second kappa shape index (κ2) is 8.77. The molecule has 1 fully saturated rings. The fraction of sp³-hybridized carbons (Fsp3) is 0.750. The van der Waals surface area contributed by atoms with Gasteiger partial charge in [-0.05, 0) is 26.7 Å². The number of carboxylic acids is 1. The fourth-order valence-corrected chi connectivity index (χ4v) is 2.64. The van der Waals surface area contributed by atoms with Crippen molar-refractivity contribution in [1.29, 1.82) is 0 Å². The summed E-state index contributed by atoms with van der Waals surface area (Å²) in [6, 6.07) is -1.19. The Hall–Kier alpha value is -1.96. The van der Waals surface area contributed by atoms with E-state index in [1.165, 1.54) is 23.8 Å². The molecular weight excluding hydrogens is 314 g/mol. The van der Waals surface area contributed by atoms with E-state index in [1.54, 1.807) is 6.92 Å². The molecular formula is C16H27N3O5. The number of carboxylic acid groups (broad SMARTS) is 1. The highest BCUT2D eigenvalue weighted by molar-refractivity contribution is 6.03. The van der Waals surface area contributed by atoms with Crippen molar-refractivity contribution in [3.8, 4) is 0 Å². The van der Waals surface area contributed by atoms with Crippen LogP contribution in [0.1, 0.15) is 46.0 Å². The third kappa shape index (κ3) is 5.02. The van der Waals surface area contributed by atoms with Gasteiger partial charge in [-0.25, -0.2) is 4.79 Å². The highest BCUT2D eigenvalue weighted by atomic mass is 16.4. The number of likely N-dealkylation sites (N-methyl/N-ethyl adjacent to an activating group) is 1. The van der Waals surface area contributed by atoms with Gasteiger partial charge in [-0.15, -0.1) is 0 Å². The lowest BCUT2D eigenvalue weighted by Crippen LogP contribution is -2.40. The van der Waals surface area contributed by atoms with E-state index < -0.39 is 17.9 Å². The summed E-state index contributed by atoms with van der Waals surface area (Å²) in [5.41, 5.74) is 5.71. The van der Waals surface area contributed by atoms with Crippen molar-refractivity contribution in [3.63, 3.8) is 0 Å². The van der Waals surface area contributed by atoms with Crippen molar-refractivity contribution in [3.05, 3.63) is 0 Å². The van der Waals surface area contributed by atoms with Crippen molar-refractivity contribution < 1.29 is 24.3 Å². The molecule has 1 rings (SSSR count). The van der Waals surface area contributed by atoms with Crippen LogP contribution in [0.5, 0.6) is 0 Å². The van der Waals surface area contributed by atoms with Crippen LogP contribution in [0, 0.1) is 5.92 Å². The molecule has 3 N–H and O–H groups in total. The minimum absolute atomic E-state index is 0.173. The second-order valence-corrected chi connectivity index (χ2v) is 6.38. The lowest BCUT2D eigenvalue weighted by atomic mass is 10.0. The van der Waals surface area contributed by atoms with Gasteiger partial charge >= 0.3 is 5.97 Å². The van der Waals surface area contributed by atoms with Gasteiger partial charge in [0.15, 0.2) is 0 Å². The van der Waals surface area contributed by atoms with E-state index in [1.807, 2.05) is 0 Å². The zero-order valence-electron chi connectivity index (χ0n) is 14.5. The molecule has 0 aliphatic carbocycles. The third-order valence-corrected chi connectivity index (χ3v) is 4.52. The van der Waals surface area contributed by atoms with Crippen molar-refractivity contribution >= 4 is 23.7 Å². The topological polar surface area (TPSA) is 121 Å². The first kappa shape index (κ1) is 20.1. The van der Waals surface area contributed by atoms with Gasteiger partial charge in [-0.3, -0.25) is 19.3 Å².